The van der Waals surface area contributed by atoms with Crippen LogP contribution in [-0.2, 0) is 10.0 Å². The highest BCUT2D eigenvalue weighted by Crippen LogP contribution is 2.20. The van der Waals surface area contributed by atoms with Crippen molar-refractivity contribution in [1.29, 1.82) is 0 Å². The van der Waals surface area contributed by atoms with E-state index in [4.69, 9.17) is 9.84 Å². The topological polar surface area (TPSA) is 75.6 Å². The Hall–Kier alpha value is -1.18. The molecule has 0 spiro atoms. The van der Waals surface area contributed by atoms with Crippen molar-refractivity contribution in [3.8, 4) is 5.75 Å². The average Bonchev–Trinajstić information content (AvgIpc) is 2.37. The van der Waals surface area contributed by atoms with Gasteiger partial charge in [0.15, 0.2) is 11.6 Å². The third-order valence-corrected chi connectivity index (χ3v) is 4.10. The smallest absolute Gasteiger partial charge is 0.240 e. The first kappa shape index (κ1) is 15.9. The minimum Gasteiger partial charge on any atom is -0.494 e. The summed E-state index contributed by atoms with van der Waals surface area (Å²) in [6.07, 6.45) is 0.499. The number of nitrogens with one attached hydrogen (secondary N) is 1. The van der Waals surface area contributed by atoms with E-state index in [1.54, 1.807) is 0 Å². The maximum atomic E-state index is 13.5. The van der Waals surface area contributed by atoms with Crippen LogP contribution in [0.25, 0.3) is 0 Å². The zero-order valence-corrected chi connectivity index (χ0v) is 11.7. The molecule has 0 aliphatic heterocycles. The molecule has 0 radical (unpaired) electrons. The van der Waals surface area contributed by atoms with Gasteiger partial charge in [0.05, 0.1) is 12.0 Å². The quantitative estimate of drug-likeness (QED) is 0.789. The number of halogens is 1. The van der Waals surface area contributed by atoms with Crippen molar-refractivity contribution in [2.75, 3.05) is 20.3 Å². The van der Waals surface area contributed by atoms with E-state index in [9.17, 15) is 12.8 Å². The van der Waals surface area contributed by atoms with E-state index < -0.39 is 15.8 Å². The SMILES string of the molecule is COc1ccc(S(=O)(=O)NCC(C)CCO)cc1F. The fraction of sp³-hybridized carbons (Fsp3) is 0.500. The number of methoxy groups -OCH3 is 1. The molecular formula is C12H18FNO4S. The molecule has 0 aromatic heterocycles. The van der Waals surface area contributed by atoms with Gasteiger partial charge in [0.2, 0.25) is 10.0 Å². The van der Waals surface area contributed by atoms with Gasteiger partial charge in [-0.2, -0.15) is 0 Å². The van der Waals surface area contributed by atoms with Crippen LogP contribution < -0.4 is 9.46 Å². The van der Waals surface area contributed by atoms with Crippen molar-refractivity contribution >= 4 is 10.0 Å². The molecule has 0 fully saturated rings. The summed E-state index contributed by atoms with van der Waals surface area (Å²) in [5.74, 6) is -0.732. The predicted octanol–water partition coefficient (Wildman–Crippen LogP) is 1.13. The molecule has 1 atom stereocenters. The number of benzene rings is 1. The van der Waals surface area contributed by atoms with Crippen LogP contribution in [0.2, 0.25) is 0 Å². The number of hydrogen-bond acceptors (Lipinski definition) is 4. The molecule has 19 heavy (non-hydrogen) atoms. The first-order valence-corrected chi connectivity index (χ1v) is 7.33. The highest BCUT2D eigenvalue weighted by atomic mass is 32.2. The Morgan fingerprint density at radius 3 is 2.68 bits per heavy atom. The third kappa shape index (κ3) is 4.45. The Balaban J connectivity index is 2.80. The van der Waals surface area contributed by atoms with Crippen molar-refractivity contribution in [3.05, 3.63) is 24.0 Å². The molecule has 0 saturated heterocycles. The second-order valence-corrected chi connectivity index (χ2v) is 6.03. The van der Waals surface area contributed by atoms with Crippen LogP contribution in [0.5, 0.6) is 5.75 Å². The van der Waals surface area contributed by atoms with E-state index >= 15 is 0 Å². The van der Waals surface area contributed by atoms with Crippen LogP contribution in [0.1, 0.15) is 13.3 Å². The van der Waals surface area contributed by atoms with Crippen LogP contribution in [0.4, 0.5) is 4.39 Å². The summed E-state index contributed by atoms with van der Waals surface area (Å²) in [6.45, 7) is 2.00. The monoisotopic (exact) mass is 291 g/mol. The second kappa shape index (κ2) is 6.83. The molecule has 1 aromatic rings. The number of hydrogen-bond donors (Lipinski definition) is 2. The highest BCUT2D eigenvalue weighted by molar-refractivity contribution is 7.89. The van der Waals surface area contributed by atoms with Crippen molar-refractivity contribution in [1.82, 2.24) is 4.72 Å². The second-order valence-electron chi connectivity index (χ2n) is 4.27. The molecule has 5 nitrogen and oxygen atoms in total. The molecule has 0 aliphatic carbocycles. The van der Waals surface area contributed by atoms with Crippen LogP contribution in [0.15, 0.2) is 23.1 Å². The van der Waals surface area contributed by atoms with E-state index in [-0.39, 0.29) is 29.7 Å². The first-order chi connectivity index (χ1) is 8.90. The Labute approximate surface area is 112 Å². The maximum Gasteiger partial charge on any atom is 0.240 e. The van der Waals surface area contributed by atoms with Gasteiger partial charge in [0.25, 0.3) is 0 Å². The van der Waals surface area contributed by atoms with Gasteiger partial charge in [0.1, 0.15) is 0 Å². The molecule has 0 heterocycles. The van der Waals surface area contributed by atoms with Gasteiger partial charge in [-0.3, -0.25) is 0 Å². The lowest BCUT2D eigenvalue weighted by molar-refractivity contribution is 0.263. The molecule has 0 aliphatic rings. The molecule has 1 unspecified atom stereocenters. The van der Waals surface area contributed by atoms with Crippen molar-refractivity contribution in [3.63, 3.8) is 0 Å². The summed E-state index contributed by atoms with van der Waals surface area (Å²) in [4.78, 5) is -0.151. The largest absolute Gasteiger partial charge is 0.494 e. The molecule has 7 heteroatoms. The van der Waals surface area contributed by atoms with E-state index in [0.717, 1.165) is 6.07 Å². The van der Waals surface area contributed by atoms with Crippen molar-refractivity contribution < 1.29 is 22.7 Å². The van der Waals surface area contributed by atoms with Gasteiger partial charge in [-0.15, -0.1) is 0 Å². The molecule has 0 amide bonds. The molecule has 108 valence electrons. The van der Waals surface area contributed by atoms with E-state index in [2.05, 4.69) is 4.72 Å². The molecule has 0 saturated carbocycles. The molecule has 2 N–H and O–H groups in total. The number of aliphatic hydroxyl groups excluding tert-OH is 1. The van der Waals surface area contributed by atoms with E-state index in [1.807, 2.05) is 6.92 Å². The van der Waals surface area contributed by atoms with Crippen molar-refractivity contribution in [2.24, 2.45) is 5.92 Å². The van der Waals surface area contributed by atoms with Gasteiger partial charge in [-0.05, 0) is 30.5 Å². The molecule has 1 rings (SSSR count). The molecule has 1 aromatic carbocycles. The zero-order valence-electron chi connectivity index (χ0n) is 10.9. The lowest BCUT2D eigenvalue weighted by Crippen LogP contribution is -2.28. The van der Waals surface area contributed by atoms with E-state index in [1.165, 1.54) is 19.2 Å². The fourth-order valence-corrected chi connectivity index (χ4v) is 2.65. The van der Waals surface area contributed by atoms with Gasteiger partial charge < -0.3 is 9.84 Å². The summed E-state index contributed by atoms with van der Waals surface area (Å²) < 4.78 is 44.4. The maximum absolute atomic E-state index is 13.5. The Morgan fingerprint density at radius 2 is 2.16 bits per heavy atom. The lowest BCUT2D eigenvalue weighted by atomic mass is 10.1. The fourth-order valence-electron chi connectivity index (χ4n) is 1.47. The van der Waals surface area contributed by atoms with Crippen LogP contribution in [-0.4, -0.2) is 33.8 Å². The average molecular weight is 291 g/mol. The van der Waals surface area contributed by atoms with Crippen LogP contribution in [0.3, 0.4) is 0 Å². The lowest BCUT2D eigenvalue weighted by Gasteiger charge is -2.12. The van der Waals surface area contributed by atoms with Crippen LogP contribution in [0, 0.1) is 11.7 Å². The zero-order chi connectivity index (χ0) is 14.5. The predicted molar refractivity (Wildman–Crippen MR) is 69.0 cm³/mol. The third-order valence-electron chi connectivity index (χ3n) is 2.68. The van der Waals surface area contributed by atoms with Gasteiger partial charge in [0, 0.05) is 13.2 Å². The summed E-state index contributed by atoms with van der Waals surface area (Å²) in [5, 5.41) is 8.74. The van der Waals surface area contributed by atoms with E-state index in [0.29, 0.717) is 6.42 Å². The number of rotatable bonds is 7. The van der Waals surface area contributed by atoms with Gasteiger partial charge in [-0.25, -0.2) is 17.5 Å². The normalized spacial score (nSPS) is 13.3. The molecule has 0 bridgehead atoms. The summed E-state index contributed by atoms with van der Waals surface area (Å²) in [5.41, 5.74) is 0. The number of sulfonamides is 1. The molecular weight excluding hydrogens is 273 g/mol. The first-order valence-electron chi connectivity index (χ1n) is 5.84. The number of ether oxygens (including phenoxy) is 1. The minimum absolute atomic E-state index is 0.0000578. The highest BCUT2D eigenvalue weighted by Gasteiger charge is 2.17. The van der Waals surface area contributed by atoms with Gasteiger partial charge in [-0.1, -0.05) is 6.92 Å². The minimum atomic E-state index is -3.75. The van der Waals surface area contributed by atoms with Crippen LogP contribution >= 0.6 is 0 Å². The summed E-state index contributed by atoms with van der Waals surface area (Å²) >= 11 is 0. The number of aliphatic hydroxyl groups is 1. The Kier molecular flexibility index (Phi) is 5.71. The summed E-state index contributed by atoms with van der Waals surface area (Å²) in [7, 11) is -2.44. The van der Waals surface area contributed by atoms with Gasteiger partial charge >= 0.3 is 0 Å². The Bertz CT molecular complexity index is 518. The Morgan fingerprint density at radius 1 is 1.47 bits per heavy atom. The summed E-state index contributed by atoms with van der Waals surface area (Å²) in [6, 6.07) is 3.46. The van der Waals surface area contributed by atoms with Crippen molar-refractivity contribution in [2.45, 2.75) is 18.2 Å². The standard InChI is InChI=1S/C12H18FNO4S/c1-9(5-6-15)8-14-19(16,17)10-3-4-12(18-2)11(13)7-10/h3-4,7,9,14-15H,5-6,8H2,1-2H3.